The standard InChI is InChI=1S/C43H27N5/c1-3-11-28(12-4-1)32-16-9-18-38-37(32)27-45-43(46-38)48-41-26-30(21-23-35(41)36-17-10-24-44-42(36)48)29-20-22-34-33-15-7-8-19-39(33)47(40(34)25-29)31-13-5-2-6-14-31/h1-27H. The molecule has 5 heteroatoms. The van der Waals surface area contributed by atoms with E-state index in [0.717, 1.165) is 60.8 Å². The molecule has 48 heavy (non-hydrogen) atoms. The van der Waals surface area contributed by atoms with Crippen LogP contribution in [0.5, 0.6) is 0 Å². The fraction of sp³-hybridized carbons (Fsp3) is 0. The third-order valence-electron chi connectivity index (χ3n) is 9.45. The monoisotopic (exact) mass is 613 g/mol. The van der Waals surface area contributed by atoms with Gasteiger partial charge in [0.1, 0.15) is 5.65 Å². The molecule has 0 N–H and O–H groups in total. The van der Waals surface area contributed by atoms with Crippen molar-refractivity contribution in [2.45, 2.75) is 0 Å². The van der Waals surface area contributed by atoms with E-state index >= 15 is 0 Å². The molecule has 10 aromatic rings. The van der Waals surface area contributed by atoms with Gasteiger partial charge in [-0.25, -0.2) is 15.0 Å². The maximum Gasteiger partial charge on any atom is 0.236 e. The molecule has 224 valence electrons. The van der Waals surface area contributed by atoms with Crippen molar-refractivity contribution in [2.75, 3.05) is 0 Å². The van der Waals surface area contributed by atoms with E-state index in [2.05, 4.69) is 149 Å². The summed E-state index contributed by atoms with van der Waals surface area (Å²) in [7, 11) is 0. The van der Waals surface area contributed by atoms with Crippen LogP contribution in [-0.2, 0) is 0 Å². The van der Waals surface area contributed by atoms with Gasteiger partial charge in [0.25, 0.3) is 0 Å². The first-order valence-corrected chi connectivity index (χ1v) is 16.1. The number of hydrogen-bond donors (Lipinski definition) is 0. The Morgan fingerprint density at radius 3 is 1.90 bits per heavy atom. The molecular weight excluding hydrogens is 587 g/mol. The molecule has 0 atom stereocenters. The van der Waals surface area contributed by atoms with Crippen molar-refractivity contribution in [3.63, 3.8) is 0 Å². The van der Waals surface area contributed by atoms with E-state index in [1.54, 1.807) is 0 Å². The number of benzene rings is 6. The van der Waals surface area contributed by atoms with Crippen LogP contribution in [0.4, 0.5) is 0 Å². The van der Waals surface area contributed by atoms with E-state index in [-0.39, 0.29) is 0 Å². The molecule has 0 aliphatic carbocycles. The fourth-order valence-electron chi connectivity index (χ4n) is 7.25. The average Bonchev–Trinajstić information content (AvgIpc) is 3.67. The Morgan fingerprint density at radius 2 is 1.08 bits per heavy atom. The van der Waals surface area contributed by atoms with Gasteiger partial charge in [-0.05, 0) is 70.8 Å². The Morgan fingerprint density at radius 1 is 0.417 bits per heavy atom. The van der Waals surface area contributed by atoms with Crippen molar-refractivity contribution in [2.24, 2.45) is 0 Å². The van der Waals surface area contributed by atoms with Gasteiger partial charge in [0.15, 0.2) is 0 Å². The molecule has 0 amide bonds. The maximum absolute atomic E-state index is 5.13. The van der Waals surface area contributed by atoms with Crippen molar-refractivity contribution < 1.29 is 0 Å². The summed E-state index contributed by atoms with van der Waals surface area (Å²) < 4.78 is 4.46. The van der Waals surface area contributed by atoms with Crippen molar-refractivity contribution in [3.05, 3.63) is 164 Å². The summed E-state index contributed by atoms with van der Waals surface area (Å²) in [5.41, 5.74) is 10.8. The van der Waals surface area contributed by atoms with Crippen LogP contribution in [0, 0.1) is 0 Å². The Hall–Kier alpha value is -6.59. The molecule has 0 fully saturated rings. The van der Waals surface area contributed by atoms with Gasteiger partial charge < -0.3 is 4.57 Å². The van der Waals surface area contributed by atoms with Gasteiger partial charge in [-0.15, -0.1) is 0 Å². The topological polar surface area (TPSA) is 48.5 Å². The van der Waals surface area contributed by atoms with E-state index in [9.17, 15) is 0 Å². The molecule has 10 rings (SSSR count). The lowest BCUT2D eigenvalue weighted by atomic mass is 10.0. The van der Waals surface area contributed by atoms with E-state index in [1.807, 2.05) is 24.5 Å². The first kappa shape index (κ1) is 26.6. The van der Waals surface area contributed by atoms with Crippen LogP contribution in [0.1, 0.15) is 0 Å². The summed E-state index contributed by atoms with van der Waals surface area (Å²) in [6, 6.07) is 53.5. The van der Waals surface area contributed by atoms with E-state index in [1.165, 1.54) is 21.8 Å². The smallest absolute Gasteiger partial charge is 0.236 e. The molecule has 4 heterocycles. The molecule has 0 saturated heterocycles. The number of hydrogen-bond acceptors (Lipinski definition) is 3. The Kier molecular flexibility index (Phi) is 5.81. The Labute approximate surface area is 276 Å². The SMILES string of the molecule is c1ccc(-c2cccc3nc(-n4c5cc(-c6ccc7c8ccccc8n(-c8ccccc8)c7c6)ccc5c5cccnc54)ncc23)cc1. The number of rotatable bonds is 4. The van der Waals surface area contributed by atoms with E-state index in [4.69, 9.17) is 15.0 Å². The Bertz CT molecular complexity index is 2830. The van der Waals surface area contributed by atoms with Crippen molar-refractivity contribution in [1.29, 1.82) is 0 Å². The number of nitrogens with zero attached hydrogens (tertiary/aromatic N) is 5. The second-order valence-corrected chi connectivity index (χ2v) is 12.1. The van der Waals surface area contributed by atoms with Crippen LogP contribution >= 0.6 is 0 Å². The van der Waals surface area contributed by atoms with Gasteiger partial charge in [0.05, 0.1) is 22.1 Å². The minimum Gasteiger partial charge on any atom is -0.309 e. The molecule has 6 aromatic carbocycles. The van der Waals surface area contributed by atoms with Crippen LogP contribution < -0.4 is 0 Å². The largest absolute Gasteiger partial charge is 0.309 e. The third kappa shape index (κ3) is 4.01. The van der Waals surface area contributed by atoms with Gasteiger partial charge in [0, 0.05) is 45.0 Å². The van der Waals surface area contributed by atoms with Gasteiger partial charge in [0.2, 0.25) is 5.95 Å². The zero-order valence-corrected chi connectivity index (χ0v) is 25.8. The number of aromatic nitrogens is 5. The lowest BCUT2D eigenvalue weighted by Gasteiger charge is -2.11. The quantitative estimate of drug-likeness (QED) is 0.198. The molecule has 0 saturated carbocycles. The molecule has 0 unspecified atom stereocenters. The Balaban J connectivity index is 1.18. The van der Waals surface area contributed by atoms with Crippen LogP contribution in [-0.4, -0.2) is 24.1 Å². The number of fused-ring (bicyclic) bond motifs is 7. The highest BCUT2D eigenvalue weighted by Crippen LogP contribution is 2.37. The van der Waals surface area contributed by atoms with Crippen molar-refractivity contribution in [3.8, 4) is 33.9 Å². The highest BCUT2D eigenvalue weighted by Gasteiger charge is 2.18. The van der Waals surface area contributed by atoms with E-state index < -0.39 is 0 Å². The maximum atomic E-state index is 5.13. The van der Waals surface area contributed by atoms with Crippen LogP contribution in [0.15, 0.2) is 164 Å². The average molecular weight is 614 g/mol. The molecule has 0 aliphatic heterocycles. The van der Waals surface area contributed by atoms with Gasteiger partial charge in [-0.2, -0.15) is 0 Å². The summed E-state index contributed by atoms with van der Waals surface area (Å²) in [5, 5.41) is 5.68. The first-order chi connectivity index (χ1) is 23.8. The second-order valence-electron chi connectivity index (χ2n) is 12.1. The molecule has 4 aromatic heterocycles. The number of para-hydroxylation sites is 2. The molecule has 0 aliphatic rings. The number of pyridine rings is 1. The van der Waals surface area contributed by atoms with Crippen molar-refractivity contribution in [1.82, 2.24) is 24.1 Å². The van der Waals surface area contributed by atoms with Crippen molar-refractivity contribution >= 4 is 54.6 Å². The fourth-order valence-corrected chi connectivity index (χ4v) is 7.25. The van der Waals surface area contributed by atoms with Gasteiger partial charge >= 0.3 is 0 Å². The molecule has 0 spiro atoms. The van der Waals surface area contributed by atoms with Gasteiger partial charge in [-0.3, -0.25) is 4.57 Å². The zero-order chi connectivity index (χ0) is 31.6. The summed E-state index contributed by atoms with van der Waals surface area (Å²) in [6.07, 6.45) is 3.78. The predicted octanol–water partition coefficient (Wildman–Crippen LogP) is 10.6. The summed E-state index contributed by atoms with van der Waals surface area (Å²) >= 11 is 0. The summed E-state index contributed by atoms with van der Waals surface area (Å²) in [6.45, 7) is 0. The highest BCUT2D eigenvalue weighted by atomic mass is 15.2. The first-order valence-electron chi connectivity index (χ1n) is 16.1. The highest BCUT2D eigenvalue weighted by molar-refractivity contribution is 6.11. The normalized spacial score (nSPS) is 11.8. The minimum atomic E-state index is 0.600. The summed E-state index contributed by atoms with van der Waals surface area (Å²) in [5.74, 6) is 0.600. The molecule has 5 nitrogen and oxygen atoms in total. The summed E-state index contributed by atoms with van der Waals surface area (Å²) in [4.78, 5) is 14.9. The zero-order valence-electron chi connectivity index (χ0n) is 25.8. The van der Waals surface area contributed by atoms with Crippen LogP contribution in [0.25, 0.3) is 88.5 Å². The lowest BCUT2D eigenvalue weighted by molar-refractivity contribution is 0.995. The molecule has 0 bridgehead atoms. The molecular formula is C43H27N5. The van der Waals surface area contributed by atoms with Gasteiger partial charge in [-0.1, -0.05) is 103 Å². The third-order valence-corrected chi connectivity index (χ3v) is 9.45. The molecule has 0 radical (unpaired) electrons. The van der Waals surface area contributed by atoms with E-state index in [0.29, 0.717) is 5.95 Å². The minimum absolute atomic E-state index is 0.600. The van der Waals surface area contributed by atoms with Crippen LogP contribution in [0.3, 0.4) is 0 Å². The van der Waals surface area contributed by atoms with Crippen LogP contribution in [0.2, 0.25) is 0 Å². The second kappa shape index (κ2) is 10.5. The lowest BCUT2D eigenvalue weighted by Crippen LogP contribution is -2.02. The predicted molar refractivity (Wildman–Crippen MR) is 197 cm³/mol.